The fourth-order valence-electron chi connectivity index (χ4n) is 2.47. The predicted octanol–water partition coefficient (Wildman–Crippen LogP) is 1.29. The Morgan fingerprint density at radius 3 is 2.83 bits per heavy atom. The number of hydrogen-bond donors (Lipinski definition) is 1. The van der Waals surface area contributed by atoms with Crippen LogP contribution in [-0.4, -0.2) is 26.1 Å². The molecule has 0 aromatic carbocycles. The highest BCUT2D eigenvalue weighted by molar-refractivity contribution is 5.38. The van der Waals surface area contributed by atoms with Crippen LogP contribution in [-0.2, 0) is 13.5 Å². The van der Waals surface area contributed by atoms with Crippen LogP contribution in [0, 0.1) is 6.92 Å². The molecular weight excluding hydrogens is 226 g/mol. The maximum atomic E-state index is 5.68. The van der Waals surface area contributed by atoms with Gasteiger partial charge in [-0.1, -0.05) is 0 Å². The van der Waals surface area contributed by atoms with Gasteiger partial charge in [-0.05, 0) is 38.8 Å². The Labute approximate surface area is 107 Å². The van der Waals surface area contributed by atoms with Gasteiger partial charge in [0.15, 0.2) is 5.82 Å². The number of rotatable bonds is 4. The van der Waals surface area contributed by atoms with Crippen molar-refractivity contribution in [3.05, 3.63) is 29.2 Å². The third-order valence-corrected chi connectivity index (χ3v) is 3.53. The Morgan fingerprint density at radius 2 is 2.17 bits per heavy atom. The van der Waals surface area contributed by atoms with E-state index in [1.165, 1.54) is 24.1 Å². The molecule has 5 heteroatoms. The number of nitrogens with two attached hydrogens (primary N) is 1. The second-order valence-electron chi connectivity index (χ2n) is 5.01. The molecule has 18 heavy (non-hydrogen) atoms. The predicted molar refractivity (Wildman–Crippen MR) is 69.8 cm³/mol. The summed E-state index contributed by atoms with van der Waals surface area (Å²) in [5, 5.41) is 9.15. The molecule has 0 amide bonds. The first-order valence-electron chi connectivity index (χ1n) is 6.49. The molecule has 2 aromatic heterocycles. The molecule has 1 aliphatic carbocycles. The van der Waals surface area contributed by atoms with E-state index in [1.807, 2.05) is 29.5 Å². The molecule has 0 unspecified atom stereocenters. The monoisotopic (exact) mass is 245 g/mol. The molecule has 1 saturated carbocycles. The molecule has 0 spiro atoms. The summed E-state index contributed by atoms with van der Waals surface area (Å²) in [6.45, 7) is 2.66. The minimum Gasteiger partial charge on any atom is -0.330 e. The zero-order valence-corrected chi connectivity index (χ0v) is 10.9. The van der Waals surface area contributed by atoms with Gasteiger partial charge >= 0.3 is 0 Å². The molecular formula is C13H19N5. The van der Waals surface area contributed by atoms with Crippen LogP contribution in [0.1, 0.15) is 35.7 Å². The smallest absolute Gasteiger partial charge is 0.155 e. The van der Waals surface area contributed by atoms with E-state index in [9.17, 15) is 0 Å². The first kappa shape index (κ1) is 11.5. The van der Waals surface area contributed by atoms with Gasteiger partial charge in [0.25, 0.3) is 0 Å². The summed E-state index contributed by atoms with van der Waals surface area (Å²) >= 11 is 0. The zero-order valence-electron chi connectivity index (χ0n) is 10.9. The molecule has 0 radical (unpaired) electrons. The minimum atomic E-state index is 0.635. The average Bonchev–Trinajstić information content (AvgIpc) is 3.01. The maximum absolute atomic E-state index is 5.68. The van der Waals surface area contributed by atoms with Crippen LogP contribution in [0.3, 0.4) is 0 Å². The van der Waals surface area contributed by atoms with Gasteiger partial charge in [0.1, 0.15) is 0 Å². The molecule has 0 saturated heterocycles. The first-order chi connectivity index (χ1) is 8.70. The third-order valence-electron chi connectivity index (χ3n) is 3.53. The molecule has 2 aromatic rings. The van der Waals surface area contributed by atoms with Crippen molar-refractivity contribution in [2.45, 2.75) is 32.1 Å². The molecule has 0 aliphatic heterocycles. The second-order valence-corrected chi connectivity index (χ2v) is 5.01. The molecule has 0 atom stereocenters. The molecule has 2 N–H and O–H groups in total. The summed E-state index contributed by atoms with van der Waals surface area (Å²) < 4.78 is 3.84. The summed E-state index contributed by atoms with van der Waals surface area (Å²) in [6, 6.07) is 2.12. The number of hydrogen-bond acceptors (Lipinski definition) is 3. The van der Waals surface area contributed by atoms with Gasteiger partial charge in [0, 0.05) is 24.7 Å². The van der Waals surface area contributed by atoms with Crippen LogP contribution in [0.15, 0.2) is 12.3 Å². The Bertz CT molecular complexity index is 562. The highest BCUT2D eigenvalue weighted by atomic mass is 15.4. The van der Waals surface area contributed by atoms with Crippen molar-refractivity contribution in [1.29, 1.82) is 0 Å². The normalized spacial score (nSPS) is 15.3. The summed E-state index contributed by atoms with van der Waals surface area (Å²) in [7, 11) is 1.96. The van der Waals surface area contributed by atoms with Gasteiger partial charge < -0.3 is 5.73 Å². The van der Waals surface area contributed by atoms with Crippen LogP contribution < -0.4 is 5.73 Å². The lowest BCUT2D eigenvalue weighted by atomic mass is 10.2. The lowest BCUT2D eigenvalue weighted by Crippen LogP contribution is -2.09. The van der Waals surface area contributed by atoms with Crippen LogP contribution in [0.4, 0.5) is 0 Å². The Morgan fingerprint density at radius 1 is 1.39 bits per heavy atom. The van der Waals surface area contributed by atoms with E-state index in [0.717, 1.165) is 17.9 Å². The second kappa shape index (κ2) is 4.24. The van der Waals surface area contributed by atoms with Crippen molar-refractivity contribution in [1.82, 2.24) is 19.6 Å². The minimum absolute atomic E-state index is 0.635. The fraction of sp³-hybridized carbons (Fsp3) is 0.538. The Balaban J connectivity index is 2.03. The SMILES string of the molecule is Cc1nn(C)c(-n2ccc(C3CC3)n2)c1CCN. The molecule has 2 heterocycles. The first-order valence-corrected chi connectivity index (χ1v) is 6.49. The Kier molecular flexibility index (Phi) is 2.70. The van der Waals surface area contributed by atoms with Crippen LogP contribution in [0.25, 0.3) is 5.82 Å². The Hall–Kier alpha value is -1.62. The van der Waals surface area contributed by atoms with Gasteiger partial charge in [-0.15, -0.1) is 0 Å². The van der Waals surface area contributed by atoms with Gasteiger partial charge in [0.2, 0.25) is 0 Å². The highest BCUT2D eigenvalue weighted by Crippen LogP contribution is 2.39. The van der Waals surface area contributed by atoms with Crippen molar-refractivity contribution < 1.29 is 0 Å². The number of nitrogens with zero attached hydrogens (tertiary/aromatic N) is 4. The van der Waals surface area contributed by atoms with Crippen molar-refractivity contribution in [2.75, 3.05) is 6.54 Å². The molecule has 3 rings (SSSR count). The van der Waals surface area contributed by atoms with E-state index in [1.54, 1.807) is 0 Å². The molecule has 1 fully saturated rings. The van der Waals surface area contributed by atoms with Crippen molar-refractivity contribution in [3.63, 3.8) is 0 Å². The van der Waals surface area contributed by atoms with Crippen molar-refractivity contribution >= 4 is 0 Å². The molecule has 96 valence electrons. The summed E-state index contributed by atoms with van der Waals surface area (Å²) in [5.74, 6) is 1.73. The van der Waals surface area contributed by atoms with Gasteiger partial charge in [0.05, 0.1) is 11.4 Å². The van der Waals surface area contributed by atoms with E-state index in [2.05, 4.69) is 16.3 Å². The number of aryl methyl sites for hydroxylation is 2. The van der Waals surface area contributed by atoms with Gasteiger partial charge in [-0.3, -0.25) is 4.68 Å². The average molecular weight is 245 g/mol. The van der Waals surface area contributed by atoms with Crippen molar-refractivity contribution in [3.8, 4) is 5.82 Å². The number of aromatic nitrogens is 4. The van der Waals surface area contributed by atoms with Crippen LogP contribution >= 0.6 is 0 Å². The van der Waals surface area contributed by atoms with Gasteiger partial charge in [-0.25, -0.2) is 4.68 Å². The van der Waals surface area contributed by atoms with E-state index in [-0.39, 0.29) is 0 Å². The van der Waals surface area contributed by atoms with Gasteiger partial charge in [-0.2, -0.15) is 10.2 Å². The van der Waals surface area contributed by atoms with Crippen molar-refractivity contribution in [2.24, 2.45) is 12.8 Å². The van der Waals surface area contributed by atoms with E-state index >= 15 is 0 Å². The fourth-order valence-corrected chi connectivity index (χ4v) is 2.47. The standard InChI is InChI=1S/C13H19N5/c1-9-11(5-7-14)13(17(2)15-9)18-8-6-12(16-18)10-3-4-10/h6,8,10H,3-5,7,14H2,1-2H3. The summed E-state index contributed by atoms with van der Waals surface area (Å²) in [6.07, 6.45) is 5.42. The summed E-state index contributed by atoms with van der Waals surface area (Å²) in [5.41, 5.74) is 9.13. The topological polar surface area (TPSA) is 61.7 Å². The largest absolute Gasteiger partial charge is 0.330 e. The van der Waals surface area contributed by atoms with E-state index in [0.29, 0.717) is 12.5 Å². The lowest BCUT2D eigenvalue weighted by Gasteiger charge is -2.05. The molecule has 0 bridgehead atoms. The zero-order chi connectivity index (χ0) is 12.7. The summed E-state index contributed by atoms with van der Waals surface area (Å²) in [4.78, 5) is 0. The van der Waals surface area contributed by atoms with E-state index in [4.69, 9.17) is 5.73 Å². The maximum Gasteiger partial charge on any atom is 0.155 e. The van der Waals surface area contributed by atoms with Crippen LogP contribution in [0.2, 0.25) is 0 Å². The molecule has 5 nitrogen and oxygen atoms in total. The van der Waals surface area contributed by atoms with Crippen LogP contribution in [0.5, 0.6) is 0 Å². The highest BCUT2D eigenvalue weighted by Gasteiger charge is 2.26. The third kappa shape index (κ3) is 1.84. The lowest BCUT2D eigenvalue weighted by molar-refractivity contribution is 0.684. The quantitative estimate of drug-likeness (QED) is 0.883. The van der Waals surface area contributed by atoms with E-state index < -0.39 is 0 Å². The molecule has 1 aliphatic rings.